The number of benzene rings is 2. The van der Waals surface area contributed by atoms with Crippen LogP contribution in [-0.2, 0) is 19.6 Å². The van der Waals surface area contributed by atoms with Crippen LogP contribution in [0, 0.1) is 0 Å². The van der Waals surface area contributed by atoms with E-state index < -0.39 is 10.0 Å². The van der Waals surface area contributed by atoms with Gasteiger partial charge in [0.1, 0.15) is 19.0 Å². The number of hydrogen-bond donors (Lipinski definition) is 1. The highest BCUT2D eigenvalue weighted by atomic mass is 32.2. The molecule has 152 valence electrons. The molecule has 0 heterocycles. The van der Waals surface area contributed by atoms with Gasteiger partial charge in [-0.25, -0.2) is 12.7 Å². The summed E-state index contributed by atoms with van der Waals surface area (Å²) >= 11 is 0. The summed E-state index contributed by atoms with van der Waals surface area (Å²) in [5.41, 5.74) is 0.804. The summed E-state index contributed by atoms with van der Waals surface area (Å²) in [6.07, 6.45) is 0. The molecule has 1 amide bonds. The maximum Gasteiger partial charge on any atom is 0.246 e. The van der Waals surface area contributed by atoms with Crippen molar-refractivity contribution in [2.45, 2.75) is 17.9 Å². The molecule has 2 aromatic rings. The first-order chi connectivity index (χ1) is 13.3. The summed E-state index contributed by atoms with van der Waals surface area (Å²) in [6, 6.07) is 15.5. The average Bonchev–Trinajstić information content (AvgIpc) is 2.68. The van der Waals surface area contributed by atoms with Crippen LogP contribution in [0.1, 0.15) is 18.5 Å². The van der Waals surface area contributed by atoms with Gasteiger partial charge in [-0.2, -0.15) is 0 Å². The Labute approximate surface area is 166 Å². The molecule has 0 aliphatic carbocycles. The number of hydrogen-bond acceptors (Lipinski definition) is 5. The number of carbonyl (C=O) groups excluding carboxylic acids is 1. The second-order valence-corrected chi connectivity index (χ2v) is 8.51. The third-order valence-electron chi connectivity index (χ3n) is 4.01. The lowest BCUT2D eigenvalue weighted by atomic mass is 10.1. The highest BCUT2D eigenvalue weighted by molar-refractivity contribution is 7.89. The summed E-state index contributed by atoms with van der Waals surface area (Å²) in [5.74, 6) is 0.501. The zero-order valence-corrected chi connectivity index (χ0v) is 17.1. The summed E-state index contributed by atoms with van der Waals surface area (Å²) < 4.78 is 36.1. The third-order valence-corrected chi connectivity index (χ3v) is 5.84. The molecule has 0 fully saturated rings. The van der Waals surface area contributed by atoms with Gasteiger partial charge in [0, 0.05) is 14.1 Å². The molecule has 8 heteroatoms. The largest absolute Gasteiger partial charge is 0.491 e. The molecule has 0 radical (unpaired) electrons. The summed E-state index contributed by atoms with van der Waals surface area (Å²) in [7, 11) is -0.500. The molecular formula is C20H26N2O5S. The highest BCUT2D eigenvalue weighted by Crippen LogP contribution is 2.18. The van der Waals surface area contributed by atoms with Crippen LogP contribution in [0.25, 0.3) is 0 Å². The Hall–Kier alpha value is -2.42. The lowest BCUT2D eigenvalue weighted by molar-refractivity contribution is -0.126. The maximum atomic E-state index is 12.1. The molecule has 28 heavy (non-hydrogen) atoms. The highest BCUT2D eigenvalue weighted by Gasteiger charge is 2.17. The van der Waals surface area contributed by atoms with E-state index in [4.69, 9.17) is 9.47 Å². The second kappa shape index (κ2) is 10.2. The fraction of sp³-hybridized carbons (Fsp3) is 0.350. The van der Waals surface area contributed by atoms with Crippen LogP contribution >= 0.6 is 0 Å². The maximum absolute atomic E-state index is 12.1. The molecule has 0 aliphatic heterocycles. The van der Waals surface area contributed by atoms with E-state index in [-0.39, 0.29) is 23.5 Å². The van der Waals surface area contributed by atoms with Gasteiger partial charge in [0.15, 0.2) is 0 Å². The lowest BCUT2D eigenvalue weighted by Crippen LogP contribution is -2.30. The van der Waals surface area contributed by atoms with Crippen molar-refractivity contribution in [1.29, 1.82) is 0 Å². The van der Waals surface area contributed by atoms with Crippen molar-refractivity contribution >= 4 is 15.9 Å². The molecule has 2 aromatic carbocycles. The van der Waals surface area contributed by atoms with Gasteiger partial charge in [-0.3, -0.25) is 4.79 Å². The number of amides is 1. The Morgan fingerprint density at radius 2 is 1.68 bits per heavy atom. The molecule has 7 nitrogen and oxygen atoms in total. The Morgan fingerprint density at radius 3 is 2.29 bits per heavy atom. The van der Waals surface area contributed by atoms with Gasteiger partial charge in [0.05, 0.1) is 17.5 Å². The van der Waals surface area contributed by atoms with E-state index >= 15 is 0 Å². The molecule has 0 bridgehead atoms. The second-order valence-electron chi connectivity index (χ2n) is 6.36. The van der Waals surface area contributed by atoms with E-state index in [2.05, 4.69) is 5.32 Å². The predicted molar refractivity (Wildman–Crippen MR) is 107 cm³/mol. The van der Waals surface area contributed by atoms with Crippen molar-refractivity contribution in [3.05, 3.63) is 60.2 Å². The Morgan fingerprint density at radius 1 is 1.04 bits per heavy atom. The minimum Gasteiger partial charge on any atom is -0.491 e. The average molecular weight is 407 g/mol. The number of nitrogens with zero attached hydrogens (tertiary/aromatic N) is 1. The normalized spacial score (nSPS) is 12.6. The fourth-order valence-electron chi connectivity index (χ4n) is 2.41. The molecule has 1 unspecified atom stereocenters. The molecule has 0 spiro atoms. The first-order valence-electron chi connectivity index (χ1n) is 8.88. The fourth-order valence-corrected chi connectivity index (χ4v) is 3.31. The van der Waals surface area contributed by atoms with Gasteiger partial charge in [-0.15, -0.1) is 0 Å². The smallest absolute Gasteiger partial charge is 0.246 e. The van der Waals surface area contributed by atoms with Crippen molar-refractivity contribution in [1.82, 2.24) is 9.62 Å². The van der Waals surface area contributed by atoms with Gasteiger partial charge < -0.3 is 14.8 Å². The SMILES string of the molecule is CC(NC(=O)COCCOc1ccccc1)c1ccc(S(=O)(=O)N(C)C)cc1. The van der Waals surface area contributed by atoms with Crippen LogP contribution in [0.4, 0.5) is 0 Å². The summed E-state index contributed by atoms with van der Waals surface area (Å²) in [6.45, 7) is 2.41. The number of rotatable bonds is 10. The molecule has 0 aromatic heterocycles. The van der Waals surface area contributed by atoms with E-state index in [1.165, 1.54) is 26.2 Å². The molecule has 2 rings (SSSR count). The minimum absolute atomic E-state index is 0.0738. The van der Waals surface area contributed by atoms with E-state index in [0.29, 0.717) is 13.2 Å². The Balaban J connectivity index is 1.74. The van der Waals surface area contributed by atoms with Gasteiger partial charge in [-0.1, -0.05) is 30.3 Å². The first-order valence-corrected chi connectivity index (χ1v) is 10.3. The van der Waals surface area contributed by atoms with E-state index in [1.807, 2.05) is 37.3 Å². The number of ether oxygens (including phenoxy) is 2. The van der Waals surface area contributed by atoms with Gasteiger partial charge >= 0.3 is 0 Å². The summed E-state index contributed by atoms with van der Waals surface area (Å²) in [4.78, 5) is 12.2. The number of sulfonamides is 1. The topological polar surface area (TPSA) is 84.9 Å². The Bertz CT molecular complexity index is 852. The monoisotopic (exact) mass is 406 g/mol. The lowest BCUT2D eigenvalue weighted by Gasteiger charge is -2.16. The quantitative estimate of drug-likeness (QED) is 0.612. The number of carbonyl (C=O) groups is 1. The van der Waals surface area contributed by atoms with Crippen LogP contribution in [0.3, 0.4) is 0 Å². The molecule has 0 saturated carbocycles. The van der Waals surface area contributed by atoms with Crippen molar-refractivity contribution in [2.24, 2.45) is 0 Å². The molecule has 0 saturated heterocycles. The van der Waals surface area contributed by atoms with Crippen molar-refractivity contribution < 1.29 is 22.7 Å². The van der Waals surface area contributed by atoms with Gasteiger partial charge in [-0.05, 0) is 36.8 Å². The van der Waals surface area contributed by atoms with Crippen molar-refractivity contribution in [2.75, 3.05) is 33.9 Å². The molecule has 1 N–H and O–H groups in total. The zero-order chi connectivity index (χ0) is 20.6. The summed E-state index contributed by atoms with van der Waals surface area (Å²) in [5, 5.41) is 2.82. The van der Waals surface area contributed by atoms with Crippen LogP contribution in [0.5, 0.6) is 5.75 Å². The Kier molecular flexibility index (Phi) is 7.98. The van der Waals surface area contributed by atoms with Crippen LogP contribution in [-0.4, -0.2) is 52.5 Å². The minimum atomic E-state index is -3.47. The van der Waals surface area contributed by atoms with E-state index in [9.17, 15) is 13.2 Å². The van der Waals surface area contributed by atoms with Crippen LogP contribution < -0.4 is 10.1 Å². The number of nitrogens with one attached hydrogen (secondary N) is 1. The predicted octanol–water partition coefficient (Wildman–Crippen LogP) is 2.21. The van der Waals surface area contributed by atoms with Crippen LogP contribution in [0.15, 0.2) is 59.5 Å². The number of para-hydroxylation sites is 1. The van der Waals surface area contributed by atoms with Gasteiger partial charge in [0.25, 0.3) is 0 Å². The van der Waals surface area contributed by atoms with Gasteiger partial charge in [0.2, 0.25) is 15.9 Å². The molecular weight excluding hydrogens is 380 g/mol. The van der Waals surface area contributed by atoms with E-state index in [0.717, 1.165) is 15.6 Å². The first kappa shape index (κ1) is 21.9. The van der Waals surface area contributed by atoms with E-state index in [1.54, 1.807) is 12.1 Å². The standard InChI is InChI=1S/C20H26N2O5S/c1-16(17-9-11-19(12-10-17)28(24,25)22(2)3)21-20(23)15-26-13-14-27-18-7-5-4-6-8-18/h4-12,16H,13-15H2,1-3H3,(H,21,23). The van der Waals surface area contributed by atoms with Crippen LogP contribution in [0.2, 0.25) is 0 Å². The molecule has 0 aliphatic rings. The third kappa shape index (κ3) is 6.33. The zero-order valence-electron chi connectivity index (χ0n) is 16.3. The van der Waals surface area contributed by atoms with Crippen molar-refractivity contribution in [3.8, 4) is 5.75 Å². The molecule has 1 atom stereocenters. The van der Waals surface area contributed by atoms with Crippen molar-refractivity contribution in [3.63, 3.8) is 0 Å².